The van der Waals surface area contributed by atoms with Gasteiger partial charge in [0.2, 0.25) is 10.0 Å². The van der Waals surface area contributed by atoms with Gasteiger partial charge in [0.1, 0.15) is 4.33 Å². The fourth-order valence-electron chi connectivity index (χ4n) is 4.33. The largest absolute Gasteiger partial charge is 0.235 e. The lowest BCUT2D eigenvalue weighted by molar-refractivity contribution is -0.0238. The number of halogens is 4. The van der Waals surface area contributed by atoms with Crippen molar-refractivity contribution in [2.24, 2.45) is 10.8 Å². The molecule has 0 aromatic heterocycles. The molecule has 8 heteroatoms. The Hall–Kier alpha value is 0.290. The molecule has 0 bridgehead atoms. The van der Waals surface area contributed by atoms with Gasteiger partial charge in [-0.25, -0.2) is 8.42 Å². The molecule has 0 spiro atoms. The Labute approximate surface area is 169 Å². The van der Waals surface area contributed by atoms with Crippen LogP contribution < -0.4 is 0 Å². The molecule has 25 heavy (non-hydrogen) atoms. The van der Waals surface area contributed by atoms with E-state index < -0.39 is 34.3 Å². The topological polar surface area (TPSA) is 37.4 Å². The smallest absolute Gasteiger partial charge is 0.210 e. The summed E-state index contributed by atoms with van der Waals surface area (Å²) >= 11 is 26.3. The molecule has 0 amide bonds. The normalized spacial score (nSPS) is 28.6. The molecule has 0 N–H and O–H groups in total. The molecule has 3 nitrogen and oxygen atoms in total. The van der Waals surface area contributed by atoms with Crippen LogP contribution >= 0.6 is 46.4 Å². The number of nitrogens with zero attached hydrogens (tertiary/aromatic N) is 1. The van der Waals surface area contributed by atoms with Crippen LogP contribution in [0, 0.1) is 10.8 Å². The first-order valence-corrected chi connectivity index (χ1v) is 10.9. The van der Waals surface area contributed by atoms with Gasteiger partial charge >= 0.3 is 0 Å². The monoisotopic (exact) mass is 443 g/mol. The third-order valence-electron chi connectivity index (χ3n) is 6.02. The average molecular weight is 445 g/mol. The van der Waals surface area contributed by atoms with E-state index in [0.717, 1.165) is 5.56 Å². The molecule has 2 fully saturated rings. The molecular weight excluding hydrogens is 424 g/mol. The van der Waals surface area contributed by atoms with Gasteiger partial charge in [0.05, 0.1) is 4.87 Å². The van der Waals surface area contributed by atoms with Crippen molar-refractivity contribution in [3.8, 4) is 0 Å². The Morgan fingerprint density at radius 1 is 0.880 bits per heavy atom. The molecule has 1 saturated carbocycles. The third kappa shape index (κ3) is 2.13. The van der Waals surface area contributed by atoms with Crippen molar-refractivity contribution < 1.29 is 8.42 Å². The summed E-state index contributed by atoms with van der Waals surface area (Å²) in [5, 5.41) is 0. The molecule has 1 aromatic carbocycles. The summed E-state index contributed by atoms with van der Waals surface area (Å²) in [7, 11) is -3.88. The Morgan fingerprint density at radius 2 is 1.32 bits per heavy atom. The Kier molecular flexibility index (Phi) is 4.35. The van der Waals surface area contributed by atoms with Crippen LogP contribution in [-0.2, 0) is 14.9 Å². The van der Waals surface area contributed by atoms with Crippen LogP contribution in [0.4, 0.5) is 0 Å². The minimum Gasteiger partial charge on any atom is -0.210 e. The molecule has 2 aliphatic rings. The lowest BCUT2D eigenvalue weighted by Gasteiger charge is -2.71. The van der Waals surface area contributed by atoms with Crippen LogP contribution in [0.3, 0.4) is 0 Å². The second kappa shape index (κ2) is 5.42. The summed E-state index contributed by atoms with van der Waals surface area (Å²) in [5.41, 5.74) is -1.18. The zero-order valence-corrected chi connectivity index (χ0v) is 18.3. The first-order chi connectivity index (χ1) is 11.2. The number of sulfonamides is 1. The Morgan fingerprint density at radius 3 is 1.76 bits per heavy atom. The van der Waals surface area contributed by atoms with Crippen molar-refractivity contribution in [3.05, 3.63) is 35.9 Å². The standard InChI is InChI=1S/C17H21Cl4NO2S/c1-13(2)16(19,20)14(3,4)17(13,21)25(23,24)22-10-15(18,11-22)12-8-6-5-7-9-12/h5-9H,10-11H2,1-4H3. The van der Waals surface area contributed by atoms with Gasteiger partial charge in [-0.1, -0.05) is 69.6 Å². The summed E-state index contributed by atoms with van der Waals surface area (Å²) in [6.07, 6.45) is 0. The van der Waals surface area contributed by atoms with Crippen LogP contribution in [0.5, 0.6) is 0 Å². The van der Waals surface area contributed by atoms with Crippen LogP contribution in [0.2, 0.25) is 0 Å². The van der Waals surface area contributed by atoms with Crippen LogP contribution in [0.25, 0.3) is 0 Å². The highest BCUT2D eigenvalue weighted by molar-refractivity contribution is 7.92. The Balaban J connectivity index is 1.92. The lowest BCUT2D eigenvalue weighted by atomic mass is 9.54. The Bertz CT molecular complexity index is 781. The molecular formula is C17H21Cl4NO2S. The highest BCUT2D eigenvalue weighted by Crippen LogP contribution is 2.78. The SMILES string of the molecule is CC1(C)C(Cl)(Cl)C(C)(C)C1(Cl)S(=O)(=O)N1CC(Cl)(c2ccccc2)C1. The van der Waals surface area contributed by atoms with Gasteiger partial charge < -0.3 is 0 Å². The van der Waals surface area contributed by atoms with E-state index in [1.54, 1.807) is 27.7 Å². The molecule has 0 unspecified atom stereocenters. The van der Waals surface area contributed by atoms with E-state index in [9.17, 15) is 8.42 Å². The maximum Gasteiger partial charge on any atom is 0.235 e. The van der Waals surface area contributed by atoms with E-state index in [2.05, 4.69) is 0 Å². The van der Waals surface area contributed by atoms with Crippen molar-refractivity contribution in [1.29, 1.82) is 0 Å². The fraction of sp³-hybridized carbons (Fsp3) is 0.647. The van der Waals surface area contributed by atoms with Gasteiger partial charge in [-0.05, 0) is 5.56 Å². The van der Waals surface area contributed by atoms with E-state index in [0.29, 0.717) is 0 Å². The van der Waals surface area contributed by atoms with E-state index in [-0.39, 0.29) is 13.1 Å². The number of hydrogen-bond acceptors (Lipinski definition) is 2. The van der Waals surface area contributed by atoms with Gasteiger partial charge in [-0.15, -0.1) is 34.8 Å². The van der Waals surface area contributed by atoms with Crippen molar-refractivity contribution in [3.63, 3.8) is 0 Å². The van der Waals surface area contributed by atoms with Gasteiger partial charge in [-0.2, -0.15) is 4.31 Å². The van der Waals surface area contributed by atoms with Crippen LogP contribution in [0.15, 0.2) is 30.3 Å². The number of rotatable bonds is 3. The molecule has 1 aliphatic heterocycles. The third-order valence-corrected chi connectivity index (χ3v) is 12.6. The van der Waals surface area contributed by atoms with Crippen molar-refractivity contribution in [1.82, 2.24) is 4.31 Å². The summed E-state index contributed by atoms with van der Waals surface area (Å²) < 4.78 is 25.2. The van der Waals surface area contributed by atoms with Crippen molar-refractivity contribution in [2.45, 2.75) is 41.1 Å². The first-order valence-electron chi connectivity index (χ1n) is 7.98. The molecule has 3 rings (SSSR count). The number of alkyl halides is 4. The first kappa shape index (κ1) is 20.0. The van der Waals surface area contributed by atoms with E-state index >= 15 is 0 Å². The predicted molar refractivity (Wildman–Crippen MR) is 105 cm³/mol. The van der Waals surface area contributed by atoms with Gasteiger partial charge in [-0.3, -0.25) is 0 Å². The van der Waals surface area contributed by atoms with Crippen LogP contribution in [0.1, 0.15) is 33.3 Å². The molecule has 0 atom stereocenters. The highest BCUT2D eigenvalue weighted by Gasteiger charge is 2.85. The predicted octanol–water partition coefficient (Wildman–Crippen LogP) is 4.94. The van der Waals surface area contributed by atoms with E-state index in [4.69, 9.17) is 46.4 Å². The lowest BCUT2D eigenvalue weighted by Crippen LogP contribution is -2.82. The summed E-state index contributed by atoms with van der Waals surface area (Å²) in [6.45, 7) is 7.08. The summed E-state index contributed by atoms with van der Waals surface area (Å²) in [5.74, 6) is 0. The molecule has 0 radical (unpaired) electrons. The molecule has 1 saturated heterocycles. The van der Waals surface area contributed by atoms with Crippen LogP contribution in [-0.4, -0.2) is 34.4 Å². The summed E-state index contributed by atoms with van der Waals surface area (Å²) in [4.78, 5) is -0.737. The fourth-order valence-corrected chi connectivity index (χ4v) is 9.18. The van der Waals surface area contributed by atoms with Crippen molar-refractivity contribution in [2.75, 3.05) is 13.1 Å². The molecule has 140 valence electrons. The van der Waals surface area contributed by atoms with Crippen molar-refractivity contribution >= 4 is 56.4 Å². The maximum atomic E-state index is 13.4. The van der Waals surface area contributed by atoms with E-state index in [1.807, 2.05) is 30.3 Å². The highest BCUT2D eigenvalue weighted by atomic mass is 35.5. The zero-order valence-electron chi connectivity index (χ0n) is 14.5. The molecule has 1 aromatic rings. The minimum atomic E-state index is -3.88. The van der Waals surface area contributed by atoms with Gasteiger partial charge in [0.25, 0.3) is 0 Å². The number of hydrogen-bond donors (Lipinski definition) is 0. The second-order valence-corrected chi connectivity index (χ2v) is 12.9. The number of benzene rings is 1. The summed E-state index contributed by atoms with van der Waals surface area (Å²) in [6, 6.07) is 9.45. The van der Waals surface area contributed by atoms with E-state index in [1.165, 1.54) is 4.31 Å². The quantitative estimate of drug-likeness (QED) is 0.619. The van der Waals surface area contributed by atoms with Gasteiger partial charge in [0.15, 0.2) is 4.21 Å². The molecule has 1 aliphatic carbocycles. The zero-order chi connectivity index (χ0) is 19.1. The maximum absolute atomic E-state index is 13.4. The minimum absolute atomic E-state index is 0.166. The molecule has 1 heterocycles. The average Bonchev–Trinajstić information content (AvgIpc) is 2.50. The van der Waals surface area contributed by atoms with Gasteiger partial charge in [0, 0.05) is 23.9 Å². The second-order valence-electron chi connectivity index (χ2n) is 8.02.